The Labute approximate surface area is 164 Å². The minimum atomic E-state index is -4.65. The van der Waals surface area contributed by atoms with Crippen LogP contribution in [0.4, 0.5) is 0 Å². The van der Waals surface area contributed by atoms with E-state index in [9.17, 15) is 13.2 Å². The normalized spacial score (nSPS) is 18.2. The van der Waals surface area contributed by atoms with Gasteiger partial charge in [0.05, 0.1) is 11.2 Å². The second-order valence-corrected chi connectivity index (χ2v) is 8.12. The van der Waals surface area contributed by atoms with Crippen molar-refractivity contribution in [2.24, 2.45) is 0 Å². The molecule has 1 aromatic carbocycles. The summed E-state index contributed by atoms with van der Waals surface area (Å²) >= 11 is 7.32. The van der Waals surface area contributed by atoms with Crippen molar-refractivity contribution in [3.05, 3.63) is 51.4 Å². The van der Waals surface area contributed by atoms with E-state index in [1.807, 2.05) is 0 Å². The summed E-state index contributed by atoms with van der Waals surface area (Å²) in [6.07, 6.45) is 0.455. The van der Waals surface area contributed by atoms with Gasteiger partial charge in [0.25, 0.3) is 0 Å². The monoisotopic (exact) mass is 420 g/mol. The summed E-state index contributed by atoms with van der Waals surface area (Å²) in [6.45, 7) is 0.567. The van der Waals surface area contributed by atoms with Crippen LogP contribution in [0.5, 0.6) is 5.06 Å². The second kappa shape index (κ2) is 7.53. The first-order valence-corrected chi connectivity index (χ1v) is 9.99. The first-order chi connectivity index (χ1) is 13.4. The second-order valence-electron chi connectivity index (χ2n) is 5.59. The Kier molecular flexibility index (Phi) is 4.47. The zero-order chi connectivity index (χ0) is 21.4. The third-order valence-electron chi connectivity index (χ3n) is 3.95. The van der Waals surface area contributed by atoms with E-state index in [1.165, 1.54) is 6.07 Å². The summed E-state index contributed by atoms with van der Waals surface area (Å²) in [5.74, 6) is -0.966. The number of carbonyl (C=O) groups excluding carboxylic acids is 1. The highest BCUT2D eigenvalue weighted by Crippen LogP contribution is 2.38. The number of thiophene rings is 1. The number of ether oxygens (including phenoxy) is 1. The van der Waals surface area contributed by atoms with E-state index in [0.29, 0.717) is 24.1 Å². The molecule has 10 heteroatoms. The molecule has 2 heterocycles. The largest absolute Gasteiger partial charge is 0.468 e. The van der Waals surface area contributed by atoms with Gasteiger partial charge < -0.3 is 8.92 Å². The molecule has 26 heavy (non-hydrogen) atoms. The highest BCUT2D eigenvalue weighted by molar-refractivity contribution is 7.81. The van der Waals surface area contributed by atoms with E-state index in [1.54, 1.807) is 29.2 Å². The fourth-order valence-electron chi connectivity index (χ4n) is 2.92. The van der Waals surface area contributed by atoms with E-state index in [0.717, 1.165) is 16.2 Å². The third-order valence-corrected chi connectivity index (χ3v) is 5.90. The highest BCUT2D eigenvalue weighted by Gasteiger charge is 2.33. The summed E-state index contributed by atoms with van der Waals surface area (Å²) in [4.78, 5) is 15.2. The molecule has 1 aliphatic heterocycles. The highest BCUT2D eigenvalue weighted by atomic mass is 35.5. The molecule has 0 aliphatic carbocycles. The lowest BCUT2D eigenvalue weighted by Gasteiger charge is -2.33. The lowest BCUT2D eigenvalue weighted by molar-refractivity contribution is -0.147. The molecular formula is C16H16ClNO6S2. The van der Waals surface area contributed by atoms with Crippen LogP contribution in [0.2, 0.25) is 5.02 Å². The van der Waals surface area contributed by atoms with Gasteiger partial charge in [-0.05, 0) is 29.7 Å². The van der Waals surface area contributed by atoms with Gasteiger partial charge >= 0.3 is 16.4 Å². The number of benzene rings is 1. The number of nitrogens with zero attached hydrogens (tertiary/aromatic N) is 1. The summed E-state index contributed by atoms with van der Waals surface area (Å²) in [5, 5.41) is 0.283. The maximum atomic E-state index is 12.7. The molecule has 2 aromatic rings. The van der Waals surface area contributed by atoms with Gasteiger partial charge in [0.2, 0.25) is 0 Å². The fraction of sp³-hybridized carbons (Fsp3) is 0.312. The van der Waals surface area contributed by atoms with Gasteiger partial charge in [-0.15, -0.1) is 11.3 Å². The standard InChI is InChI=1S/C16H16ClNO6S2/c1-23-16(19)15(11-4-2-3-5-12(11)17)18-7-6-13-10(9-18)8-14(25-13)24-26(20,21)22/h2-5,8,15H,6-7,9H2,1H3,(H,20,21,22)/t15-/m0/s1/i1D3. The maximum absolute atomic E-state index is 12.7. The quantitative estimate of drug-likeness (QED) is 0.587. The molecular weight excluding hydrogens is 402 g/mol. The SMILES string of the molecule is [2H]C([2H])([2H])OC(=O)[C@H](c1ccccc1Cl)N1CCc2sc(OS(=O)(=O)O)cc2C1. The predicted octanol–water partition coefficient (Wildman–Crippen LogP) is 2.86. The Morgan fingerprint density at radius 1 is 1.46 bits per heavy atom. The minimum Gasteiger partial charge on any atom is -0.468 e. The molecule has 0 saturated heterocycles. The van der Waals surface area contributed by atoms with Crippen LogP contribution < -0.4 is 4.18 Å². The van der Waals surface area contributed by atoms with Crippen LogP contribution in [-0.2, 0) is 32.9 Å². The van der Waals surface area contributed by atoms with Crippen molar-refractivity contribution in [1.29, 1.82) is 0 Å². The van der Waals surface area contributed by atoms with Crippen molar-refractivity contribution in [3.8, 4) is 5.06 Å². The van der Waals surface area contributed by atoms with Gasteiger partial charge in [-0.2, -0.15) is 8.42 Å². The molecule has 0 amide bonds. The zero-order valence-corrected chi connectivity index (χ0v) is 15.6. The van der Waals surface area contributed by atoms with Crippen LogP contribution >= 0.6 is 22.9 Å². The van der Waals surface area contributed by atoms with Crippen molar-refractivity contribution in [1.82, 2.24) is 4.90 Å². The molecule has 0 bridgehead atoms. The number of methoxy groups -OCH3 is 1. The van der Waals surface area contributed by atoms with E-state index in [4.69, 9.17) is 20.3 Å². The lowest BCUT2D eigenvalue weighted by atomic mass is 10.0. The number of esters is 1. The van der Waals surface area contributed by atoms with Crippen molar-refractivity contribution in [2.45, 2.75) is 19.0 Å². The average Bonchev–Trinajstić information content (AvgIpc) is 2.94. The van der Waals surface area contributed by atoms with E-state index in [2.05, 4.69) is 8.92 Å². The van der Waals surface area contributed by atoms with Gasteiger partial charge in [-0.1, -0.05) is 29.8 Å². The van der Waals surface area contributed by atoms with Crippen molar-refractivity contribution in [3.63, 3.8) is 0 Å². The molecule has 0 radical (unpaired) electrons. The van der Waals surface area contributed by atoms with Crippen molar-refractivity contribution < 1.29 is 30.8 Å². The summed E-state index contributed by atoms with van der Waals surface area (Å²) < 4.78 is 61.6. The maximum Gasteiger partial charge on any atom is 0.447 e. The number of hydrogen-bond donors (Lipinski definition) is 1. The lowest BCUT2D eigenvalue weighted by Crippen LogP contribution is -2.38. The molecule has 0 saturated carbocycles. The molecule has 1 aromatic heterocycles. The Morgan fingerprint density at radius 3 is 2.92 bits per heavy atom. The Bertz CT molecular complexity index is 1020. The van der Waals surface area contributed by atoms with Gasteiger partial charge in [0.1, 0.15) is 6.04 Å². The van der Waals surface area contributed by atoms with Gasteiger partial charge in [0.15, 0.2) is 5.06 Å². The molecule has 3 rings (SSSR count). The Balaban J connectivity index is 1.91. The van der Waals surface area contributed by atoms with Crippen LogP contribution in [-0.4, -0.2) is 37.4 Å². The summed E-state index contributed by atoms with van der Waals surface area (Å²) in [5.41, 5.74) is 1.09. The van der Waals surface area contributed by atoms with Crippen molar-refractivity contribution >= 4 is 39.3 Å². The van der Waals surface area contributed by atoms with Crippen LogP contribution in [0.3, 0.4) is 0 Å². The molecule has 140 valence electrons. The molecule has 1 atom stereocenters. The van der Waals surface area contributed by atoms with Crippen LogP contribution in [0.15, 0.2) is 30.3 Å². The predicted molar refractivity (Wildman–Crippen MR) is 96.8 cm³/mol. The van der Waals surface area contributed by atoms with E-state index >= 15 is 0 Å². The van der Waals surface area contributed by atoms with Crippen LogP contribution in [0.1, 0.15) is 26.2 Å². The molecule has 7 nitrogen and oxygen atoms in total. The number of fused-ring (bicyclic) bond motifs is 1. The topological polar surface area (TPSA) is 93.1 Å². The molecule has 1 N–H and O–H groups in total. The molecule has 1 aliphatic rings. The van der Waals surface area contributed by atoms with E-state index < -0.39 is 29.4 Å². The Morgan fingerprint density at radius 2 is 2.23 bits per heavy atom. The number of carbonyl (C=O) groups is 1. The first kappa shape index (κ1) is 15.4. The number of hydrogen-bond acceptors (Lipinski definition) is 7. The van der Waals surface area contributed by atoms with Gasteiger partial charge in [-0.3, -0.25) is 9.45 Å². The van der Waals surface area contributed by atoms with Gasteiger partial charge in [-0.25, -0.2) is 4.79 Å². The molecule has 0 fully saturated rings. The summed E-state index contributed by atoms with van der Waals surface area (Å²) in [6, 6.07) is 6.95. The molecule has 0 unspecified atom stereocenters. The fourth-order valence-corrected chi connectivity index (χ4v) is 4.70. The number of halogens is 1. The number of rotatable bonds is 5. The zero-order valence-electron chi connectivity index (χ0n) is 16.2. The molecule has 0 spiro atoms. The first-order valence-electron chi connectivity index (χ1n) is 8.93. The smallest absolute Gasteiger partial charge is 0.447 e. The van der Waals surface area contributed by atoms with Crippen LogP contribution in [0, 0.1) is 0 Å². The van der Waals surface area contributed by atoms with Gasteiger partial charge in [0, 0.05) is 23.0 Å². The average molecular weight is 421 g/mol. The Hall–Kier alpha value is -1.65. The van der Waals surface area contributed by atoms with E-state index in [-0.39, 0.29) is 16.6 Å². The summed E-state index contributed by atoms with van der Waals surface area (Å²) in [7, 11) is -7.55. The minimum absolute atomic E-state index is 0.00119. The third kappa shape index (κ3) is 4.18. The van der Waals surface area contributed by atoms with Crippen molar-refractivity contribution in [2.75, 3.05) is 13.6 Å². The van der Waals surface area contributed by atoms with Crippen LogP contribution in [0.25, 0.3) is 0 Å².